The van der Waals surface area contributed by atoms with E-state index in [2.05, 4.69) is 51.9 Å². The fourth-order valence-electron chi connectivity index (χ4n) is 6.18. The van der Waals surface area contributed by atoms with E-state index in [4.69, 9.17) is 0 Å². The van der Waals surface area contributed by atoms with E-state index in [-0.39, 0.29) is 5.91 Å². The van der Waals surface area contributed by atoms with Gasteiger partial charge >= 0.3 is 0 Å². The molecule has 0 spiro atoms. The predicted molar refractivity (Wildman–Crippen MR) is 123 cm³/mol. The number of carbonyl (C=O) groups excluding carboxylic acids is 1. The second-order valence-electron chi connectivity index (χ2n) is 9.89. The van der Waals surface area contributed by atoms with E-state index in [9.17, 15) is 4.79 Å². The van der Waals surface area contributed by atoms with Gasteiger partial charge in [0.2, 0.25) is 5.91 Å². The van der Waals surface area contributed by atoms with Gasteiger partial charge in [-0.15, -0.1) is 0 Å². The first-order valence-corrected chi connectivity index (χ1v) is 12.2. The van der Waals surface area contributed by atoms with E-state index in [0.29, 0.717) is 30.0 Å². The van der Waals surface area contributed by atoms with Crippen LogP contribution in [0.4, 0.5) is 0 Å². The molecule has 1 aromatic carbocycles. The summed E-state index contributed by atoms with van der Waals surface area (Å²) in [6.07, 6.45) is 7.49. The number of hydrogen-bond acceptors (Lipinski definition) is 5. The lowest BCUT2D eigenvalue weighted by atomic mass is 9.76. The average molecular weight is 424 g/mol. The molecule has 6 nitrogen and oxygen atoms in total. The summed E-state index contributed by atoms with van der Waals surface area (Å²) in [6.45, 7) is 9.95. The molecule has 4 unspecified atom stereocenters. The molecular weight excluding hydrogens is 386 g/mol. The van der Waals surface area contributed by atoms with E-state index in [0.717, 1.165) is 39.0 Å². The first-order valence-electron chi connectivity index (χ1n) is 12.2. The van der Waals surface area contributed by atoms with Crippen molar-refractivity contribution in [2.45, 2.75) is 56.8 Å². The molecule has 5 rings (SSSR count). The van der Waals surface area contributed by atoms with Gasteiger partial charge in [-0.3, -0.25) is 20.5 Å². The molecule has 3 N–H and O–H groups in total. The van der Waals surface area contributed by atoms with Gasteiger partial charge in [0.25, 0.3) is 0 Å². The number of amides is 1. The molecule has 4 fully saturated rings. The van der Waals surface area contributed by atoms with Crippen molar-refractivity contribution in [3.63, 3.8) is 0 Å². The monoisotopic (exact) mass is 423 g/mol. The Balaban J connectivity index is 1.25. The van der Waals surface area contributed by atoms with Crippen molar-refractivity contribution in [3.8, 4) is 0 Å². The summed E-state index contributed by atoms with van der Waals surface area (Å²) in [5.74, 6) is 1.35. The summed E-state index contributed by atoms with van der Waals surface area (Å²) in [5, 5.41) is 4.02. The summed E-state index contributed by atoms with van der Waals surface area (Å²) < 4.78 is 0. The van der Waals surface area contributed by atoms with Crippen molar-refractivity contribution in [2.75, 3.05) is 32.7 Å². The van der Waals surface area contributed by atoms with E-state index in [1.807, 2.05) is 4.90 Å². The van der Waals surface area contributed by atoms with Crippen LogP contribution in [0.5, 0.6) is 0 Å². The Morgan fingerprint density at radius 2 is 1.81 bits per heavy atom. The molecule has 4 saturated heterocycles. The first-order chi connectivity index (χ1) is 15.2. The van der Waals surface area contributed by atoms with Gasteiger partial charge in [0.15, 0.2) is 0 Å². The van der Waals surface area contributed by atoms with Gasteiger partial charge < -0.3 is 10.2 Å². The van der Waals surface area contributed by atoms with E-state index in [1.165, 1.54) is 49.6 Å². The smallest absolute Gasteiger partial charge is 0.245 e. The molecule has 31 heavy (non-hydrogen) atoms. The third-order valence-corrected chi connectivity index (χ3v) is 7.99. The van der Waals surface area contributed by atoms with Crippen LogP contribution < -0.4 is 16.2 Å². The largest absolute Gasteiger partial charge is 0.339 e. The molecular formula is C25H37N5O. The maximum atomic E-state index is 11.9. The van der Waals surface area contributed by atoms with Crippen LogP contribution in [-0.4, -0.2) is 60.5 Å². The number of benzene rings is 1. The zero-order valence-corrected chi connectivity index (χ0v) is 18.6. The van der Waals surface area contributed by atoms with Gasteiger partial charge in [0, 0.05) is 44.3 Å². The third kappa shape index (κ3) is 4.58. The Kier molecular flexibility index (Phi) is 6.41. The fraction of sp³-hybridized carbons (Fsp3) is 0.640. The molecule has 4 atom stereocenters. The number of rotatable bonds is 5. The van der Waals surface area contributed by atoms with Crippen molar-refractivity contribution in [3.05, 3.63) is 48.0 Å². The van der Waals surface area contributed by atoms with Crippen molar-refractivity contribution < 1.29 is 4.79 Å². The lowest BCUT2D eigenvalue weighted by Gasteiger charge is -2.44. The molecule has 0 aliphatic carbocycles. The van der Waals surface area contributed by atoms with Gasteiger partial charge in [-0.05, 0) is 74.2 Å². The number of piperidine rings is 2. The molecule has 0 radical (unpaired) electrons. The predicted octanol–water partition coefficient (Wildman–Crippen LogP) is 2.20. The number of nitrogens with one attached hydrogen (secondary N) is 3. The topological polar surface area (TPSA) is 59.6 Å². The van der Waals surface area contributed by atoms with E-state index in [1.54, 1.807) is 0 Å². The molecule has 4 heterocycles. The third-order valence-electron chi connectivity index (χ3n) is 7.99. The minimum absolute atomic E-state index is 0.0752. The number of likely N-dealkylation sites (tertiary alicyclic amines) is 2. The van der Waals surface area contributed by atoms with Crippen LogP contribution in [0.25, 0.3) is 0 Å². The average Bonchev–Trinajstić information content (AvgIpc) is 3.50. The van der Waals surface area contributed by atoms with Gasteiger partial charge in [-0.25, -0.2) is 0 Å². The summed E-state index contributed by atoms with van der Waals surface area (Å²) in [4.78, 5) is 16.5. The highest BCUT2D eigenvalue weighted by molar-refractivity contribution is 5.87. The van der Waals surface area contributed by atoms with Crippen LogP contribution in [0, 0.1) is 11.8 Å². The molecule has 0 aromatic heterocycles. The number of hydrogen-bond donors (Lipinski definition) is 3. The van der Waals surface area contributed by atoms with Crippen molar-refractivity contribution in [1.82, 2.24) is 26.0 Å². The first kappa shape index (κ1) is 21.1. The molecule has 168 valence electrons. The number of hydrazine groups is 1. The maximum Gasteiger partial charge on any atom is 0.245 e. The standard InChI is InChI=1S/C25H37N5O/c1-2-23(31)30-13-9-19(10-14-30)22-15-21-16-26-28-25(21)24(27-22)20-7-5-18(6-8-20)17-29-11-3-4-12-29/h2,5-8,19,21-22,24-28H,1,3-4,9-17H2. The molecule has 6 heteroatoms. The van der Waals surface area contributed by atoms with Crippen molar-refractivity contribution in [1.29, 1.82) is 0 Å². The van der Waals surface area contributed by atoms with Gasteiger partial charge in [0.05, 0.1) is 0 Å². The second-order valence-corrected chi connectivity index (χ2v) is 9.89. The maximum absolute atomic E-state index is 11.9. The Morgan fingerprint density at radius 3 is 2.52 bits per heavy atom. The Morgan fingerprint density at radius 1 is 1.06 bits per heavy atom. The Labute approximate surface area is 186 Å². The molecule has 4 aliphatic rings. The normalized spacial score (nSPS) is 32.2. The Hall–Kier alpha value is -1.73. The number of nitrogens with zero attached hydrogens (tertiary/aromatic N) is 2. The van der Waals surface area contributed by atoms with Gasteiger partial charge in [0.1, 0.15) is 0 Å². The van der Waals surface area contributed by atoms with E-state index >= 15 is 0 Å². The molecule has 0 bridgehead atoms. The van der Waals surface area contributed by atoms with Crippen LogP contribution in [-0.2, 0) is 11.3 Å². The van der Waals surface area contributed by atoms with Crippen LogP contribution in [0.3, 0.4) is 0 Å². The summed E-state index contributed by atoms with van der Waals surface area (Å²) >= 11 is 0. The second kappa shape index (κ2) is 9.41. The lowest BCUT2D eigenvalue weighted by Crippen LogP contribution is -2.55. The van der Waals surface area contributed by atoms with Crippen LogP contribution >= 0.6 is 0 Å². The quantitative estimate of drug-likeness (QED) is 0.634. The van der Waals surface area contributed by atoms with Crippen molar-refractivity contribution >= 4 is 5.91 Å². The summed E-state index contributed by atoms with van der Waals surface area (Å²) in [7, 11) is 0. The highest BCUT2D eigenvalue weighted by Gasteiger charge is 2.43. The van der Waals surface area contributed by atoms with Gasteiger partial charge in [-0.2, -0.15) is 0 Å². The Bertz CT molecular complexity index is 767. The number of fused-ring (bicyclic) bond motifs is 1. The fourth-order valence-corrected chi connectivity index (χ4v) is 6.18. The zero-order valence-electron chi connectivity index (χ0n) is 18.6. The molecule has 4 aliphatic heterocycles. The molecule has 0 saturated carbocycles. The highest BCUT2D eigenvalue weighted by Crippen LogP contribution is 2.37. The minimum Gasteiger partial charge on any atom is -0.339 e. The van der Waals surface area contributed by atoms with Crippen molar-refractivity contribution in [2.24, 2.45) is 11.8 Å². The van der Waals surface area contributed by atoms with Crippen LogP contribution in [0.2, 0.25) is 0 Å². The van der Waals surface area contributed by atoms with Crippen LogP contribution in [0.1, 0.15) is 49.3 Å². The van der Waals surface area contributed by atoms with Gasteiger partial charge in [-0.1, -0.05) is 30.8 Å². The van der Waals surface area contributed by atoms with E-state index < -0.39 is 0 Å². The number of carbonyl (C=O) groups is 1. The highest BCUT2D eigenvalue weighted by atomic mass is 16.2. The molecule has 1 aromatic rings. The summed E-state index contributed by atoms with van der Waals surface area (Å²) in [6, 6.07) is 10.6. The summed E-state index contributed by atoms with van der Waals surface area (Å²) in [5.41, 5.74) is 9.78. The SMILES string of the molecule is C=CC(=O)N1CCC(C2CC3CNNC3C(c3ccc(CN4CCCC4)cc3)N2)CC1. The zero-order chi connectivity index (χ0) is 21.2. The lowest BCUT2D eigenvalue weighted by molar-refractivity contribution is -0.127. The minimum atomic E-state index is 0.0752. The molecule has 1 amide bonds. The van der Waals surface area contributed by atoms with Crippen LogP contribution in [0.15, 0.2) is 36.9 Å².